The van der Waals surface area contributed by atoms with Crippen LogP contribution in [0, 0.1) is 0 Å². The summed E-state index contributed by atoms with van der Waals surface area (Å²) in [6, 6.07) is 2.80. The van der Waals surface area contributed by atoms with Gasteiger partial charge in [0.05, 0.1) is 12.0 Å². The van der Waals surface area contributed by atoms with Crippen molar-refractivity contribution in [3.05, 3.63) is 18.4 Å². The van der Waals surface area contributed by atoms with Crippen LogP contribution in [-0.4, -0.2) is 40.9 Å². The van der Waals surface area contributed by atoms with E-state index in [0.717, 1.165) is 16.7 Å². The Hall–Kier alpha value is -1.96. The smallest absolute Gasteiger partial charge is 0.321 e. The molecular weight excluding hydrogens is 258 g/mol. The summed E-state index contributed by atoms with van der Waals surface area (Å²) in [6.07, 6.45) is 1.44. The first kappa shape index (κ1) is 12.5. The predicted molar refractivity (Wildman–Crippen MR) is 65.3 cm³/mol. The molecule has 0 spiro atoms. The molecule has 0 unspecified atom stereocenters. The predicted octanol–water partition coefficient (Wildman–Crippen LogP) is 1.10. The largest absolute Gasteiger partial charge is 0.449 e. The molecule has 0 aromatic carbocycles. The van der Waals surface area contributed by atoms with Gasteiger partial charge in [0.2, 0.25) is 11.8 Å². The first-order chi connectivity index (χ1) is 8.66. The van der Waals surface area contributed by atoms with Crippen LogP contribution < -0.4 is 10.6 Å². The van der Waals surface area contributed by atoms with Crippen molar-refractivity contribution < 1.29 is 18.8 Å². The molecule has 8 heteroatoms. The number of hydrogen-bond donors (Lipinski definition) is 2. The van der Waals surface area contributed by atoms with Gasteiger partial charge in [-0.05, 0) is 6.07 Å². The quantitative estimate of drug-likeness (QED) is 0.853. The van der Waals surface area contributed by atoms with Crippen LogP contribution in [-0.2, 0) is 4.79 Å². The van der Waals surface area contributed by atoms with Gasteiger partial charge in [-0.1, -0.05) is 11.8 Å². The molecule has 96 valence electrons. The van der Waals surface area contributed by atoms with E-state index in [0.29, 0.717) is 5.88 Å². The molecule has 18 heavy (non-hydrogen) atoms. The van der Waals surface area contributed by atoms with Crippen LogP contribution in [0.5, 0.6) is 0 Å². The Labute approximate surface area is 107 Å². The molecule has 0 bridgehead atoms. The highest BCUT2D eigenvalue weighted by Crippen LogP contribution is 2.17. The number of anilines is 1. The highest BCUT2D eigenvalue weighted by Gasteiger charge is 2.29. The maximum Gasteiger partial charge on any atom is 0.321 e. The lowest BCUT2D eigenvalue weighted by Crippen LogP contribution is -2.38. The maximum atomic E-state index is 11.4. The van der Waals surface area contributed by atoms with Crippen molar-refractivity contribution in [1.82, 2.24) is 10.2 Å². The number of furan rings is 1. The Morgan fingerprint density at radius 3 is 2.94 bits per heavy atom. The summed E-state index contributed by atoms with van der Waals surface area (Å²) in [6.45, 7) is 0.376. The zero-order valence-electron chi connectivity index (χ0n) is 9.34. The monoisotopic (exact) mass is 269 g/mol. The molecule has 1 aliphatic rings. The number of carbonyl (C=O) groups is 3. The van der Waals surface area contributed by atoms with Gasteiger partial charge in [-0.15, -0.1) is 0 Å². The molecule has 1 aromatic rings. The Bertz CT molecular complexity index is 444. The molecule has 0 saturated carbocycles. The molecule has 1 aromatic heterocycles. The molecule has 0 radical (unpaired) electrons. The van der Waals surface area contributed by atoms with Gasteiger partial charge in [-0.2, -0.15) is 0 Å². The highest BCUT2D eigenvalue weighted by molar-refractivity contribution is 8.14. The number of rotatable bonds is 4. The lowest BCUT2D eigenvalue weighted by atomic mass is 10.5. The normalized spacial score (nSPS) is 15.0. The minimum Gasteiger partial charge on any atom is -0.449 e. The standard InChI is InChI=1S/C10H11N3O4S/c14-8-6-18-10(16)13(8)4-3-11-9(15)12-7-2-1-5-17-7/h1-2,5H,3-4,6H2,(H2,11,12,15). The number of thioether (sulfide) groups is 1. The number of imide groups is 1. The average Bonchev–Trinajstić information content (AvgIpc) is 2.93. The van der Waals surface area contributed by atoms with E-state index in [1.807, 2.05) is 0 Å². The molecule has 2 N–H and O–H groups in total. The summed E-state index contributed by atoms with van der Waals surface area (Å²) in [7, 11) is 0. The van der Waals surface area contributed by atoms with Crippen molar-refractivity contribution >= 4 is 34.8 Å². The summed E-state index contributed by atoms with van der Waals surface area (Å²) >= 11 is 0.970. The van der Waals surface area contributed by atoms with Crippen LogP contribution in [0.2, 0.25) is 0 Å². The van der Waals surface area contributed by atoms with Crippen LogP contribution in [0.3, 0.4) is 0 Å². The summed E-state index contributed by atoms with van der Waals surface area (Å²) in [5.74, 6) is 0.284. The minimum atomic E-state index is -0.448. The number of amides is 4. The van der Waals surface area contributed by atoms with Crippen LogP contribution in [0.4, 0.5) is 15.5 Å². The van der Waals surface area contributed by atoms with E-state index in [1.54, 1.807) is 12.1 Å². The van der Waals surface area contributed by atoms with Gasteiger partial charge >= 0.3 is 6.03 Å². The topological polar surface area (TPSA) is 91.7 Å². The van der Waals surface area contributed by atoms with E-state index >= 15 is 0 Å². The lowest BCUT2D eigenvalue weighted by Gasteiger charge is -2.12. The maximum absolute atomic E-state index is 11.4. The number of hydrogen-bond acceptors (Lipinski definition) is 5. The molecule has 0 atom stereocenters. The van der Waals surface area contributed by atoms with E-state index in [1.165, 1.54) is 6.26 Å². The number of nitrogens with zero attached hydrogens (tertiary/aromatic N) is 1. The molecule has 1 fully saturated rings. The third-order valence-corrected chi connectivity index (χ3v) is 3.08. The van der Waals surface area contributed by atoms with Gasteiger partial charge in [0.15, 0.2) is 0 Å². The van der Waals surface area contributed by atoms with E-state index in [9.17, 15) is 14.4 Å². The Morgan fingerprint density at radius 2 is 2.33 bits per heavy atom. The van der Waals surface area contributed by atoms with Crippen molar-refractivity contribution in [1.29, 1.82) is 0 Å². The molecule has 2 rings (SSSR count). The fourth-order valence-electron chi connectivity index (χ4n) is 1.38. The molecule has 7 nitrogen and oxygen atoms in total. The summed E-state index contributed by atoms with van der Waals surface area (Å²) in [4.78, 5) is 35.0. The SMILES string of the molecule is O=C(NCCN1C(=O)CSC1=O)Nc1ccco1. The van der Waals surface area contributed by atoms with E-state index in [-0.39, 0.29) is 30.0 Å². The van der Waals surface area contributed by atoms with Crippen molar-refractivity contribution in [2.24, 2.45) is 0 Å². The number of nitrogens with one attached hydrogen (secondary N) is 2. The van der Waals surface area contributed by atoms with Crippen LogP contribution in [0.1, 0.15) is 0 Å². The Balaban J connectivity index is 1.70. The summed E-state index contributed by atoms with van der Waals surface area (Å²) in [5.41, 5.74) is 0. The first-order valence-corrected chi connectivity index (χ1v) is 6.21. The second-order valence-corrected chi connectivity index (χ2v) is 4.38. The van der Waals surface area contributed by atoms with Gasteiger partial charge in [-0.3, -0.25) is 19.8 Å². The highest BCUT2D eigenvalue weighted by atomic mass is 32.2. The molecule has 4 amide bonds. The number of carbonyl (C=O) groups excluding carboxylic acids is 3. The zero-order valence-corrected chi connectivity index (χ0v) is 10.2. The second-order valence-electron chi connectivity index (χ2n) is 3.46. The van der Waals surface area contributed by atoms with Crippen molar-refractivity contribution in [2.45, 2.75) is 0 Å². The summed E-state index contributed by atoms with van der Waals surface area (Å²) in [5, 5.41) is 4.71. The second kappa shape index (κ2) is 5.58. The fraction of sp³-hybridized carbons (Fsp3) is 0.300. The van der Waals surface area contributed by atoms with Crippen LogP contribution in [0.15, 0.2) is 22.8 Å². The number of urea groups is 1. The van der Waals surface area contributed by atoms with Crippen molar-refractivity contribution in [3.63, 3.8) is 0 Å². The molecule has 2 heterocycles. The van der Waals surface area contributed by atoms with E-state index in [2.05, 4.69) is 10.6 Å². The molecular formula is C10H11N3O4S. The van der Waals surface area contributed by atoms with E-state index < -0.39 is 6.03 Å². The average molecular weight is 269 g/mol. The van der Waals surface area contributed by atoms with Gasteiger partial charge in [0.1, 0.15) is 0 Å². The van der Waals surface area contributed by atoms with Crippen molar-refractivity contribution in [3.8, 4) is 0 Å². The Kier molecular flexibility index (Phi) is 3.88. The molecule has 0 aliphatic carbocycles. The molecule has 1 saturated heterocycles. The fourth-order valence-corrected chi connectivity index (χ4v) is 2.14. The lowest BCUT2D eigenvalue weighted by molar-refractivity contribution is -0.124. The summed E-state index contributed by atoms with van der Waals surface area (Å²) < 4.78 is 4.92. The van der Waals surface area contributed by atoms with E-state index in [4.69, 9.17) is 4.42 Å². The van der Waals surface area contributed by atoms with Crippen LogP contribution >= 0.6 is 11.8 Å². The van der Waals surface area contributed by atoms with Crippen molar-refractivity contribution in [2.75, 3.05) is 24.2 Å². The Morgan fingerprint density at radius 1 is 1.50 bits per heavy atom. The van der Waals surface area contributed by atoms with Gasteiger partial charge in [0.25, 0.3) is 5.24 Å². The first-order valence-electron chi connectivity index (χ1n) is 5.22. The van der Waals surface area contributed by atoms with Crippen LogP contribution in [0.25, 0.3) is 0 Å². The minimum absolute atomic E-state index is 0.177. The zero-order chi connectivity index (χ0) is 13.0. The van der Waals surface area contributed by atoms with Gasteiger partial charge < -0.3 is 9.73 Å². The molecule has 1 aliphatic heterocycles. The third kappa shape index (κ3) is 3.04. The third-order valence-electron chi connectivity index (χ3n) is 2.22. The van der Waals surface area contributed by atoms with Gasteiger partial charge in [0, 0.05) is 19.2 Å². The van der Waals surface area contributed by atoms with Gasteiger partial charge in [-0.25, -0.2) is 4.79 Å².